The fraction of sp³-hybridized carbons (Fsp3) is 0.375. The summed E-state index contributed by atoms with van der Waals surface area (Å²) in [6.45, 7) is -0.545. The molecule has 0 bridgehead atoms. The van der Waals surface area contributed by atoms with Gasteiger partial charge in [0.1, 0.15) is 5.15 Å². The summed E-state index contributed by atoms with van der Waals surface area (Å²) in [5.74, 6) is 0. The molecule has 0 fully saturated rings. The van der Waals surface area contributed by atoms with Gasteiger partial charge in [0.05, 0.1) is 6.61 Å². The lowest BCUT2D eigenvalue weighted by molar-refractivity contribution is 0.146. The summed E-state index contributed by atoms with van der Waals surface area (Å²) in [4.78, 5) is 3.57. The number of rotatable bonds is 3. The maximum absolute atomic E-state index is 12.4. The number of nitrogens with zero attached hydrogens (tertiary/aromatic N) is 1. The fourth-order valence-electron chi connectivity index (χ4n) is 1.16. The number of nitrogens with two attached hydrogens (primary N) is 1. The molecular formula is C8H9ClF2N2O. The molecular weight excluding hydrogens is 214 g/mol. The van der Waals surface area contributed by atoms with Gasteiger partial charge in [-0.3, -0.25) is 0 Å². The summed E-state index contributed by atoms with van der Waals surface area (Å²) in [6.07, 6.45) is -1.73. The van der Waals surface area contributed by atoms with Crippen molar-refractivity contribution in [2.45, 2.75) is 19.6 Å². The van der Waals surface area contributed by atoms with Crippen LogP contribution >= 0.6 is 11.6 Å². The Bertz CT molecular complexity index is 333. The summed E-state index contributed by atoms with van der Waals surface area (Å²) < 4.78 is 24.9. The third-order valence-electron chi connectivity index (χ3n) is 1.88. The highest BCUT2D eigenvalue weighted by atomic mass is 35.5. The molecule has 1 aromatic rings. The molecule has 0 aliphatic rings. The van der Waals surface area contributed by atoms with E-state index in [1.807, 2.05) is 0 Å². The summed E-state index contributed by atoms with van der Waals surface area (Å²) in [5.41, 5.74) is 5.34. The third-order valence-corrected chi connectivity index (χ3v) is 2.20. The lowest BCUT2D eigenvalue weighted by Crippen LogP contribution is -2.08. The lowest BCUT2D eigenvalue weighted by atomic mass is 10.1. The molecule has 1 rings (SSSR count). The van der Waals surface area contributed by atoms with Crippen molar-refractivity contribution in [3.63, 3.8) is 0 Å². The average molecular weight is 223 g/mol. The Morgan fingerprint density at radius 3 is 2.57 bits per heavy atom. The van der Waals surface area contributed by atoms with Crippen molar-refractivity contribution >= 4 is 11.6 Å². The SMILES string of the molecule is NCc1c(Cl)ncc(C(F)F)c1CO. The zero-order chi connectivity index (χ0) is 10.7. The molecule has 3 N–H and O–H groups in total. The molecule has 0 aliphatic heterocycles. The number of hydrogen-bond acceptors (Lipinski definition) is 3. The van der Waals surface area contributed by atoms with Crippen LogP contribution in [0.5, 0.6) is 0 Å². The summed E-state index contributed by atoms with van der Waals surface area (Å²) in [5, 5.41) is 8.98. The van der Waals surface area contributed by atoms with E-state index >= 15 is 0 Å². The van der Waals surface area contributed by atoms with Gasteiger partial charge < -0.3 is 10.8 Å². The molecule has 1 aromatic heterocycles. The van der Waals surface area contributed by atoms with Crippen LogP contribution in [0, 0.1) is 0 Å². The largest absolute Gasteiger partial charge is 0.392 e. The first-order valence-corrected chi connectivity index (χ1v) is 4.24. The molecule has 78 valence electrons. The second-order valence-corrected chi connectivity index (χ2v) is 2.98. The van der Waals surface area contributed by atoms with Gasteiger partial charge in [0.25, 0.3) is 6.43 Å². The zero-order valence-corrected chi connectivity index (χ0v) is 7.93. The number of aliphatic hydroxyl groups excluding tert-OH is 1. The van der Waals surface area contributed by atoms with Crippen molar-refractivity contribution in [2.24, 2.45) is 5.73 Å². The number of aromatic nitrogens is 1. The smallest absolute Gasteiger partial charge is 0.265 e. The van der Waals surface area contributed by atoms with Gasteiger partial charge in [0, 0.05) is 23.9 Å². The maximum Gasteiger partial charge on any atom is 0.265 e. The van der Waals surface area contributed by atoms with Crippen LogP contribution in [0.25, 0.3) is 0 Å². The predicted octanol–water partition coefficient (Wildman–Crippen LogP) is 1.62. The van der Waals surface area contributed by atoms with Crippen LogP contribution < -0.4 is 5.73 Å². The van der Waals surface area contributed by atoms with Gasteiger partial charge in [-0.2, -0.15) is 0 Å². The van der Waals surface area contributed by atoms with Crippen molar-refractivity contribution in [2.75, 3.05) is 0 Å². The topological polar surface area (TPSA) is 59.1 Å². The lowest BCUT2D eigenvalue weighted by Gasteiger charge is -2.11. The molecule has 1 heterocycles. The van der Waals surface area contributed by atoms with Gasteiger partial charge >= 0.3 is 0 Å². The van der Waals surface area contributed by atoms with E-state index < -0.39 is 13.0 Å². The predicted molar refractivity (Wildman–Crippen MR) is 48.0 cm³/mol. The molecule has 0 saturated heterocycles. The third kappa shape index (κ3) is 2.00. The van der Waals surface area contributed by atoms with Gasteiger partial charge in [0.2, 0.25) is 0 Å². The number of pyridine rings is 1. The zero-order valence-electron chi connectivity index (χ0n) is 7.17. The number of aliphatic hydroxyl groups is 1. The standard InChI is InChI=1S/C8H9ClF2N2O/c9-7-4(1-12)6(3-14)5(2-13-7)8(10)11/h2,8,14H,1,3,12H2. The van der Waals surface area contributed by atoms with Crippen molar-refractivity contribution in [3.05, 3.63) is 28.0 Å². The first kappa shape index (κ1) is 11.3. The first-order chi connectivity index (χ1) is 6.61. The van der Waals surface area contributed by atoms with E-state index in [1.54, 1.807) is 0 Å². The van der Waals surface area contributed by atoms with Gasteiger partial charge in [-0.1, -0.05) is 11.6 Å². The van der Waals surface area contributed by atoms with E-state index in [2.05, 4.69) is 4.98 Å². The van der Waals surface area contributed by atoms with E-state index in [1.165, 1.54) is 0 Å². The molecule has 0 unspecified atom stereocenters. The van der Waals surface area contributed by atoms with E-state index in [9.17, 15) is 8.78 Å². The van der Waals surface area contributed by atoms with Crippen molar-refractivity contribution in [3.8, 4) is 0 Å². The monoisotopic (exact) mass is 222 g/mol. The van der Waals surface area contributed by atoms with Gasteiger partial charge in [0.15, 0.2) is 0 Å². The highest BCUT2D eigenvalue weighted by molar-refractivity contribution is 6.30. The van der Waals surface area contributed by atoms with Crippen LogP contribution in [-0.4, -0.2) is 10.1 Å². The molecule has 14 heavy (non-hydrogen) atoms. The summed E-state index contributed by atoms with van der Waals surface area (Å²) in [7, 11) is 0. The minimum atomic E-state index is -2.69. The number of alkyl halides is 2. The Morgan fingerprint density at radius 1 is 1.50 bits per heavy atom. The van der Waals surface area contributed by atoms with Gasteiger partial charge in [-0.25, -0.2) is 13.8 Å². The van der Waals surface area contributed by atoms with Crippen molar-refractivity contribution in [1.29, 1.82) is 0 Å². The second kappa shape index (κ2) is 4.63. The van der Waals surface area contributed by atoms with E-state index in [4.69, 9.17) is 22.4 Å². The van der Waals surface area contributed by atoms with Crippen LogP contribution in [0.3, 0.4) is 0 Å². The number of hydrogen-bond donors (Lipinski definition) is 2. The maximum atomic E-state index is 12.4. The fourth-order valence-corrected chi connectivity index (χ4v) is 1.40. The Balaban J connectivity index is 3.33. The first-order valence-electron chi connectivity index (χ1n) is 3.87. The average Bonchev–Trinajstić information content (AvgIpc) is 2.16. The van der Waals surface area contributed by atoms with Crippen LogP contribution in [0.4, 0.5) is 8.78 Å². The minimum Gasteiger partial charge on any atom is -0.392 e. The van der Waals surface area contributed by atoms with Gasteiger partial charge in [-0.15, -0.1) is 0 Å². The van der Waals surface area contributed by atoms with Gasteiger partial charge in [-0.05, 0) is 5.56 Å². The second-order valence-electron chi connectivity index (χ2n) is 2.62. The molecule has 0 amide bonds. The van der Waals surface area contributed by atoms with Crippen molar-refractivity contribution in [1.82, 2.24) is 4.98 Å². The summed E-state index contributed by atoms with van der Waals surface area (Å²) in [6, 6.07) is 0. The van der Waals surface area contributed by atoms with Crippen LogP contribution in [-0.2, 0) is 13.2 Å². The quantitative estimate of drug-likeness (QED) is 0.765. The Hall–Kier alpha value is -0.780. The summed E-state index contributed by atoms with van der Waals surface area (Å²) >= 11 is 5.64. The highest BCUT2D eigenvalue weighted by Gasteiger charge is 2.18. The normalized spacial score (nSPS) is 11.0. The molecule has 0 atom stereocenters. The molecule has 3 nitrogen and oxygen atoms in total. The minimum absolute atomic E-state index is 0.0255. The van der Waals surface area contributed by atoms with Crippen molar-refractivity contribution < 1.29 is 13.9 Å². The Labute approximate surface area is 84.5 Å². The molecule has 0 spiro atoms. The van der Waals surface area contributed by atoms with Crippen LogP contribution in [0.15, 0.2) is 6.20 Å². The Morgan fingerprint density at radius 2 is 2.14 bits per heavy atom. The van der Waals surface area contributed by atoms with E-state index in [0.717, 1.165) is 6.20 Å². The molecule has 0 saturated carbocycles. The van der Waals surface area contributed by atoms with Crippen LogP contribution in [0.2, 0.25) is 5.15 Å². The van der Waals surface area contributed by atoms with E-state index in [0.29, 0.717) is 0 Å². The number of halogens is 3. The Kier molecular flexibility index (Phi) is 3.74. The molecule has 0 aromatic carbocycles. The molecule has 0 aliphatic carbocycles. The van der Waals surface area contributed by atoms with E-state index in [-0.39, 0.29) is 28.4 Å². The molecule has 0 radical (unpaired) electrons. The molecule has 6 heteroatoms. The highest BCUT2D eigenvalue weighted by Crippen LogP contribution is 2.28. The van der Waals surface area contributed by atoms with Crippen LogP contribution in [0.1, 0.15) is 23.1 Å².